The highest BCUT2D eigenvalue weighted by molar-refractivity contribution is 7.46. The van der Waals surface area contributed by atoms with Crippen LogP contribution in [0.4, 0.5) is 0 Å². The lowest BCUT2D eigenvalue weighted by molar-refractivity contribution is -0.271. The molecule has 5 N–H and O–H groups in total. The first-order chi connectivity index (χ1) is 6.72. The van der Waals surface area contributed by atoms with Crippen LogP contribution in [0, 0.1) is 0 Å². The van der Waals surface area contributed by atoms with E-state index in [1.807, 2.05) is 0 Å². The Balaban J connectivity index is 2.71. The van der Waals surface area contributed by atoms with Gasteiger partial charge in [0.15, 0.2) is 6.29 Å². The van der Waals surface area contributed by atoms with Gasteiger partial charge in [-0.15, -0.1) is 0 Å². The molecule has 0 bridgehead atoms. The van der Waals surface area contributed by atoms with Crippen molar-refractivity contribution in [2.75, 3.05) is 0 Å². The minimum absolute atomic E-state index is 0.903. The zero-order chi connectivity index (χ0) is 11.8. The number of rotatable bonds is 2. The van der Waals surface area contributed by atoms with E-state index >= 15 is 0 Å². The Morgan fingerprint density at radius 1 is 1.13 bits per heavy atom. The summed E-state index contributed by atoms with van der Waals surface area (Å²) in [5, 5.41) is 27.8. The van der Waals surface area contributed by atoms with Gasteiger partial charge < -0.3 is 29.8 Å². The molecule has 1 aliphatic rings. The van der Waals surface area contributed by atoms with Gasteiger partial charge in [0.05, 0.1) is 6.10 Å². The number of aliphatic hydroxyl groups excluding tert-OH is 3. The second-order valence-corrected chi connectivity index (χ2v) is 4.47. The first-order valence-electron chi connectivity index (χ1n) is 4.16. The average molecular weight is 244 g/mol. The summed E-state index contributed by atoms with van der Waals surface area (Å²) in [6.45, 7) is 1.37. The number of phosphoric ester groups is 1. The highest BCUT2D eigenvalue weighted by Crippen LogP contribution is 2.40. The topological polar surface area (TPSA) is 137 Å². The third-order valence-electron chi connectivity index (χ3n) is 2.05. The van der Waals surface area contributed by atoms with Crippen molar-refractivity contribution in [1.82, 2.24) is 0 Å². The molecule has 0 aromatic carbocycles. The molecule has 1 saturated heterocycles. The predicted octanol–water partition coefficient (Wildman–Crippen LogP) is -2.08. The van der Waals surface area contributed by atoms with Gasteiger partial charge in [0, 0.05) is 0 Å². The molecule has 0 unspecified atom stereocenters. The molecule has 0 spiro atoms. The highest BCUT2D eigenvalue weighted by Gasteiger charge is 2.44. The van der Waals surface area contributed by atoms with Gasteiger partial charge in [-0.05, 0) is 6.92 Å². The molecular formula is C6H13O8P. The fourth-order valence-electron chi connectivity index (χ4n) is 1.24. The minimum Gasteiger partial charge on any atom is -0.388 e. The van der Waals surface area contributed by atoms with Gasteiger partial charge in [-0.2, -0.15) is 0 Å². The van der Waals surface area contributed by atoms with E-state index < -0.39 is 38.5 Å². The zero-order valence-electron chi connectivity index (χ0n) is 7.79. The van der Waals surface area contributed by atoms with Crippen LogP contribution >= 0.6 is 7.82 Å². The Labute approximate surface area is 85.3 Å². The number of phosphoric acid groups is 1. The molecule has 5 atom stereocenters. The lowest BCUT2D eigenvalue weighted by Crippen LogP contribution is -2.57. The Morgan fingerprint density at radius 3 is 2.13 bits per heavy atom. The third kappa shape index (κ3) is 3.20. The molecule has 0 amide bonds. The molecule has 1 rings (SSSR count). The summed E-state index contributed by atoms with van der Waals surface area (Å²) in [4.78, 5) is 17.0. The van der Waals surface area contributed by atoms with Crippen molar-refractivity contribution >= 4 is 7.82 Å². The van der Waals surface area contributed by atoms with E-state index in [1.165, 1.54) is 6.92 Å². The van der Waals surface area contributed by atoms with Crippen LogP contribution in [0.1, 0.15) is 6.92 Å². The van der Waals surface area contributed by atoms with Crippen molar-refractivity contribution in [3.05, 3.63) is 0 Å². The van der Waals surface area contributed by atoms with Crippen LogP contribution in [0.15, 0.2) is 0 Å². The van der Waals surface area contributed by atoms with Crippen LogP contribution in [0.2, 0.25) is 0 Å². The standard InChI is InChI=1S/C6H13O8P/c1-2-3(7)4(8)5(9)6(13-2)14-15(10,11)12/h2-9H,1H3,(H2,10,11,12)/t2-,3+,4+,5-,6+/m1/s1. The largest absolute Gasteiger partial charge is 0.472 e. The van der Waals surface area contributed by atoms with Crippen LogP contribution in [-0.2, 0) is 13.8 Å². The Hall–Kier alpha value is -0.0500. The van der Waals surface area contributed by atoms with E-state index in [4.69, 9.17) is 14.5 Å². The molecule has 0 saturated carbocycles. The molecule has 15 heavy (non-hydrogen) atoms. The van der Waals surface area contributed by atoms with E-state index in [2.05, 4.69) is 4.52 Å². The summed E-state index contributed by atoms with van der Waals surface area (Å²) in [5.74, 6) is 0. The van der Waals surface area contributed by atoms with Crippen molar-refractivity contribution in [2.24, 2.45) is 0 Å². The molecule has 1 heterocycles. The van der Waals surface area contributed by atoms with Crippen molar-refractivity contribution in [3.8, 4) is 0 Å². The van der Waals surface area contributed by atoms with E-state index in [9.17, 15) is 19.9 Å². The zero-order valence-corrected chi connectivity index (χ0v) is 8.69. The Bertz CT molecular complexity index is 264. The lowest BCUT2D eigenvalue weighted by Gasteiger charge is -2.38. The van der Waals surface area contributed by atoms with Gasteiger partial charge in [0.1, 0.15) is 18.3 Å². The maximum atomic E-state index is 10.5. The molecule has 0 aliphatic carbocycles. The monoisotopic (exact) mass is 244 g/mol. The van der Waals surface area contributed by atoms with Crippen molar-refractivity contribution in [2.45, 2.75) is 37.6 Å². The molecule has 0 aromatic heterocycles. The molecule has 0 aromatic rings. The van der Waals surface area contributed by atoms with Crippen molar-refractivity contribution in [1.29, 1.82) is 0 Å². The maximum Gasteiger partial charge on any atom is 0.472 e. The van der Waals surface area contributed by atoms with E-state index in [0.717, 1.165) is 0 Å². The van der Waals surface area contributed by atoms with E-state index in [-0.39, 0.29) is 0 Å². The number of aliphatic hydroxyl groups is 3. The van der Waals surface area contributed by atoms with Gasteiger partial charge in [-0.25, -0.2) is 4.57 Å². The van der Waals surface area contributed by atoms with E-state index in [1.54, 1.807) is 0 Å². The first kappa shape index (κ1) is 13.0. The second-order valence-electron chi connectivity index (χ2n) is 3.28. The number of hydrogen-bond acceptors (Lipinski definition) is 6. The third-order valence-corrected chi connectivity index (χ3v) is 2.53. The predicted molar refractivity (Wildman–Crippen MR) is 45.5 cm³/mol. The van der Waals surface area contributed by atoms with Gasteiger partial charge in [-0.3, -0.25) is 4.52 Å². The van der Waals surface area contributed by atoms with Gasteiger partial charge >= 0.3 is 7.82 Å². The number of ether oxygens (including phenoxy) is 1. The van der Waals surface area contributed by atoms with Crippen LogP contribution in [0.25, 0.3) is 0 Å². The molecule has 0 radical (unpaired) electrons. The summed E-state index contributed by atoms with van der Waals surface area (Å²) in [6.07, 6.45) is -7.20. The quantitative estimate of drug-likeness (QED) is 0.349. The fourth-order valence-corrected chi connectivity index (χ4v) is 1.68. The summed E-state index contributed by atoms with van der Waals surface area (Å²) < 4.78 is 19.4. The lowest BCUT2D eigenvalue weighted by atomic mass is 10.0. The van der Waals surface area contributed by atoms with Crippen LogP contribution in [0.5, 0.6) is 0 Å². The SMILES string of the molecule is C[C@H]1O[C@@H](OP(=O)(O)O)[C@H](O)[C@@H](O)[C@H]1O. The Morgan fingerprint density at radius 2 is 1.67 bits per heavy atom. The normalized spacial score (nSPS) is 42.9. The van der Waals surface area contributed by atoms with Crippen LogP contribution in [0.3, 0.4) is 0 Å². The van der Waals surface area contributed by atoms with Crippen LogP contribution in [-0.4, -0.2) is 55.8 Å². The fraction of sp³-hybridized carbons (Fsp3) is 1.00. The summed E-state index contributed by atoms with van der Waals surface area (Å²) in [7, 11) is -4.82. The second kappa shape index (κ2) is 4.44. The maximum absolute atomic E-state index is 10.5. The van der Waals surface area contributed by atoms with Crippen molar-refractivity contribution in [3.63, 3.8) is 0 Å². The first-order valence-corrected chi connectivity index (χ1v) is 5.69. The highest BCUT2D eigenvalue weighted by atomic mass is 31.2. The van der Waals surface area contributed by atoms with E-state index in [0.29, 0.717) is 0 Å². The smallest absolute Gasteiger partial charge is 0.388 e. The van der Waals surface area contributed by atoms with Gasteiger partial charge in [0.25, 0.3) is 0 Å². The molecule has 9 heteroatoms. The summed E-state index contributed by atoms with van der Waals surface area (Å²) in [5.41, 5.74) is 0. The van der Waals surface area contributed by atoms with Gasteiger partial charge in [-0.1, -0.05) is 0 Å². The molecular weight excluding hydrogens is 231 g/mol. The van der Waals surface area contributed by atoms with Crippen LogP contribution < -0.4 is 0 Å². The molecule has 1 fully saturated rings. The minimum atomic E-state index is -4.82. The summed E-state index contributed by atoms with van der Waals surface area (Å²) in [6, 6.07) is 0. The molecule has 8 nitrogen and oxygen atoms in total. The summed E-state index contributed by atoms with van der Waals surface area (Å²) >= 11 is 0. The Kier molecular flexibility index (Phi) is 3.85. The average Bonchev–Trinajstić information content (AvgIpc) is 2.08. The molecule has 1 aliphatic heterocycles. The number of hydrogen-bond donors (Lipinski definition) is 5. The van der Waals surface area contributed by atoms with Gasteiger partial charge in [0.2, 0.25) is 0 Å². The molecule has 90 valence electrons. The van der Waals surface area contributed by atoms with Crippen molar-refractivity contribution < 1.29 is 38.9 Å².